The van der Waals surface area contributed by atoms with Crippen LogP contribution in [0.2, 0.25) is 0 Å². The number of aliphatic hydroxyl groups is 2. The zero-order valence-electron chi connectivity index (χ0n) is 19.0. The number of Topliss-reactive ketones (excluding diaryl/α,β-unsaturated/α-hetero) is 1. The van der Waals surface area contributed by atoms with E-state index in [4.69, 9.17) is 4.74 Å². The number of aliphatic hydroxyl groups excluding tert-OH is 1. The van der Waals surface area contributed by atoms with Crippen LogP contribution in [0.25, 0.3) is 0 Å². The van der Waals surface area contributed by atoms with Crippen LogP contribution in [0.1, 0.15) is 58.8 Å². The van der Waals surface area contributed by atoms with Crippen molar-refractivity contribution in [3.05, 3.63) is 23.8 Å². The number of ketones is 2. The lowest BCUT2D eigenvalue weighted by Gasteiger charge is -2.59. The van der Waals surface area contributed by atoms with Gasteiger partial charge in [-0.25, -0.2) is 0 Å². The molecule has 0 saturated heterocycles. The Morgan fingerprint density at radius 2 is 1.94 bits per heavy atom. The molecule has 180 valence electrons. The van der Waals surface area contributed by atoms with Crippen LogP contribution in [0.3, 0.4) is 0 Å². The molecule has 3 saturated carbocycles. The molecular formula is C25H31O8-. The number of carbonyl (C=O) groups is 4. The summed E-state index contributed by atoms with van der Waals surface area (Å²) in [6.45, 7) is 3.26. The first-order valence-corrected chi connectivity index (χ1v) is 11.7. The summed E-state index contributed by atoms with van der Waals surface area (Å²) in [5.74, 6) is -2.91. The van der Waals surface area contributed by atoms with E-state index in [1.807, 2.05) is 13.0 Å². The number of aliphatic carboxylic acids is 1. The van der Waals surface area contributed by atoms with Crippen molar-refractivity contribution in [1.29, 1.82) is 0 Å². The minimum Gasteiger partial charge on any atom is -0.550 e. The number of fused-ring (bicyclic) bond motifs is 5. The van der Waals surface area contributed by atoms with Gasteiger partial charge in [-0.05, 0) is 62.5 Å². The molecular weight excluding hydrogens is 428 g/mol. The van der Waals surface area contributed by atoms with Gasteiger partial charge in [0.25, 0.3) is 0 Å². The molecule has 0 bridgehead atoms. The standard InChI is InChI=1S/C25H32O8/c1-23-9-7-15(26)11-14(23)3-4-16-17-8-10-25(32,24(17,2)12-18(27)22(16)23)19(28)13-33-21(31)6-5-20(29)30/h7,9,11,16-18,22,27,32H,3-6,8,10,12-13H2,1-2H3,(H,29,30)/p-1/t16-,17-,18-,22-,23-,24-,25-/m0/s1. The number of rotatable bonds is 6. The molecule has 0 aliphatic heterocycles. The Morgan fingerprint density at radius 1 is 1.21 bits per heavy atom. The lowest BCUT2D eigenvalue weighted by Crippen LogP contribution is -2.61. The molecule has 8 heteroatoms. The molecule has 4 aliphatic rings. The molecule has 0 unspecified atom stereocenters. The van der Waals surface area contributed by atoms with Crippen LogP contribution in [0, 0.1) is 28.6 Å². The molecule has 0 heterocycles. The molecule has 0 amide bonds. The number of carbonyl (C=O) groups excluding carboxylic acids is 4. The van der Waals surface area contributed by atoms with E-state index < -0.39 is 59.7 Å². The van der Waals surface area contributed by atoms with Crippen LogP contribution in [0.4, 0.5) is 0 Å². The number of carboxylic acids is 1. The number of allylic oxidation sites excluding steroid dienone is 4. The summed E-state index contributed by atoms with van der Waals surface area (Å²) in [5, 5.41) is 33.4. The summed E-state index contributed by atoms with van der Waals surface area (Å²) in [5.41, 5.74) is -2.02. The number of esters is 1. The van der Waals surface area contributed by atoms with Crippen molar-refractivity contribution < 1.29 is 39.2 Å². The molecule has 0 aromatic carbocycles. The molecule has 4 aliphatic carbocycles. The fraction of sp³-hybridized carbons (Fsp3) is 0.680. The van der Waals surface area contributed by atoms with Crippen LogP contribution in [-0.2, 0) is 23.9 Å². The van der Waals surface area contributed by atoms with Crippen LogP contribution < -0.4 is 5.11 Å². The fourth-order valence-electron chi connectivity index (χ4n) is 7.33. The maximum Gasteiger partial charge on any atom is 0.306 e. The van der Waals surface area contributed by atoms with Gasteiger partial charge in [0.2, 0.25) is 5.78 Å². The van der Waals surface area contributed by atoms with E-state index in [-0.39, 0.29) is 36.4 Å². The van der Waals surface area contributed by atoms with Gasteiger partial charge in [-0.3, -0.25) is 14.4 Å². The molecule has 33 heavy (non-hydrogen) atoms. The Kier molecular flexibility index (Phi) is 5.90. The third-order valence-electron chi connectivity index (χ3n) is 9.01. The highest BCUT2D eigenvalue weighted by atomic mass is 16.5. The topological polar surface area (TPSA) is 141 Å². The third kappa shape index (κ3) is 3.67. The van der Waals surface area contributed by atoms with Crippen molar-refractivity contribution in [2.75, 3.05) is 6.61 Å². The SMILES string of the molecule is C[C@]12C=CC(=O)C=C1CC[C@@H]1[C@H]2[C@@H](O)C[C@@]2(C)[C@H]1CC[C@]2(O)C(=O)COC(=O)CCC(=O)[O-]. The summed E-state index contributed by atoms with van der Waals surface area (Å²) < 4.78 is 4.94. The van der Waals surface area contributed by atoms with Gasteiger partial charge in [-0.1, -0.05) is 25.5 Å². The van der Waals surface area contributed by atoms with Gasteiger partial charge in [0.15, 0.2) is 12.4 Å². The Balaban J connectivity index is 1.53. The second-order valence-electron chi connectivity index (χ2n) is 10.6. The van der Waals surface area contributed by atoms with Gasteiger partial charge in [-0.15, -0.1) is 0 Å². The van der Waals surface area contributed by atoms with Gasteiger partial charge in [0.1, 0.15) is 5.60 Å². The molecule has 0 aromatic rings. The Bertz CT molecular complexity index is 950. The predicted molar refractivity (Wildman–Crippen MR) is 113 cm³/mol. The molecule has 8 nitrogen and oxygen atoms in total. The highest BCUT2D eigenvalue weighted by Crippen LogP contribution is 2.67. The largest absolute Gasteiger partial charge is 0.550 e. The summed E-state index contributed by atoms with van der Waals surface area (Å²) in [4.78, 5) is 47.2. The lowest BCUT2D eigenvalue weighted by molar-refractivity contribution is -0.305. The Hall–Kier alpha value is -2.32. The predicted octanol–water partition coefficient (Wildman–Crippen LogP) is 0.639. The van der Waals surface area contributed by atoms with Crippen molar-refractivity contribution in [1.82, 2.24) is 0 Å². The zero-order valence-corrected chi connectivity index (χ0v) is 19.0. The van der Waals surface area contributed by atoms with Crippen molar-refractivity contribution in [2.24, 2.45) is 28.6 Å². The van der Waals surface area contributed by atoms with E-state index in [0.29, 0.717) is 6.42 Å². The first kappa shape index (κ1) is 23.8. The number of carboxylic acid groups (broad SMARTS) is 1. The molecule has 2 N–H and O–H groups in total. The van der Waals surface area contributed by atoms with Crippen LogP contribution >= 0.6 is 0 Å². The Morgan fingerprint density at radius 3 is 2.64 bits per heavy atom. The molecule has 3 fully saturated rings. The highest BCUT2D eigenvalue weighted by molar-refractivity contribution is 6.01. The molecule has 4 rings (SSSR count). The number of ether oxygens (including phenoxy) is 1. The average Bonchev–Trinajstić information content (AvgIpc) is 3.02. The Labute approximate surface area is 192 Å². The van der Waals surface area contributed by atoms with E-state index in [1.165, 1.54) is 0 Å². The maximum atomic E-state index is 13.1. The van der Waals surface area contributed by atoms with E-state index in [9.17, 15) is 34.5 Å². The number of hydrogen-bond donors (Lipinski definition) is 2. The third-order valence-corrected chi connectivity index (χ3v) is 9.01. The molecule has 7 atom stereocenters. The zero-order chi connectivity index (χ0) is 24.2. The van der Waals surface area contributed by atoms with Crippen molar-refractivity contribution >= 4 is 23.5 Å². The molecule has 0 aromatic heterocycles. The van der Waals surface area contributed by atoms with E-state index in [1.54, 1.807) is 12.2 Å². The first-order chi connectivity index (χ1) is 15.4. The summed E-state index contributed by atoms with van der Waals surface area (Å²) in [7, 11) is 0. The summed E-state index contributed by atoms with van der Waals surface area (Å²) in [6.07, 6.45) is 6.04. The fourth-order valence-corrected chi connectivity index (χ4v) is 7.33. The van der Waals surface area contributed by atoms with E-state index in [2.05, 4.69) is 6.92 Å². The second kappa shape index (κ2) is 8.17. The van der Waals surface area contributed by atoms with Gasteiger partial charge >= 0.3 is 5.97 Å². The van der Waals surface area contributed by atoms with Gasteiger partial charge in [0, 0.05) is 22.7 Å². The smallest absolute Gasteiger partial charge is 0.306 e. The first-order valence-electron chi connectivity index (χ1n) is 11.7. The van der Waals surface area contributed by atoms with Crippen LogP contribution in [0.5, 0.6) is 0 Å². The van der Waals surface area contributed by atoms with Crippen LogP contribution in [0.15, 0.2) is 23.8 Å². The molecule has 0 radical (unpaired) electrons. The van der Waals surface area contributed by atoms with Crippen molar-refractivity contribution in [3.63, 3.8) is 0 Å². The minimum absolute atomic E-state index is 0.00182. The van der Waals surface area contributed by atoms with Gasteiger partial charge in [-0.2, -0.15) is 0 Å². The van der Waals surface area contributed by atoms with Crippen molar-refractivity contribution in [2.45, 2.75) is 70.5 Å². The number of hydrogen-bond acceptors (Lipinski definition) is 8. The highest BCUT2D eigenvalue weighted by Gasteiger charge is 2.68. The molecule has 0 spiro atoms. The van der Waals surface area contributed by atoms with Gasteiger partial charge in [0.05, 0.1) is 12.5 Å². The monoisotopic (exact) mass is 459 g/mol. The summed E-state index contributed by atoms with van der Waals surface area (Å²) >= 11 is 0. The van der Waals surface area contributed by atoms with E-state index in [0.717, 1.165) is 18.4 Å². The maximum absolute atomic E-state index is 13.1. The van der Waals surface area contributed by atoms with Crippen LogP contribution in [-0.4, -0.2) is 52.0 Å². The van der Waals surface area contributed by atoms with Crippen molar-refractivity contribution in [3.8, 4) is 0 Å². The quantitative estimate of drug-likeness (QED) is 0.551. The van der Waals surface area contributed by atoms with E-state index >= 15 is 0 Å². The summed E-state index contributed by atoms with van der Waals surface area (Å²) in [6, 6.07) is 0. The van der Waals surface area contributed by atoms with Gasteiger partial charge < -0.3 is 24.9 Å². The average molecular weight is 460 g/mol. The normalized spacial score (nSPS) is 41.5. The minimum atomic E-state index is -1.74. The lowest BCUT2D eigenvalue weighted by atomic mass is 9.46. The second-order valence-corrected chi connectivity index (χ2v) is 10.6.